The number of allylic oxidation sites excluding steroid dienone is 1. The van der Waals surface area contributed by atoms with Crippen molar-refractivity contribution in [2.24, 2.45) is 5.92 Å². The van der Waals surface area contributed by atoms with Gasteiger partial charge in [0.25, 0.3) is 0 Å². The summed E-state index contributed by atoms with van der Waals surface area (Å²) in [6.45, 7) is 7.14. The molecule has 198 valence electrons. The lowest BCUT2D eigenvalue weighted by Crippen LogP contribution is -2.27. The summed E-state index contributed by atoms with van der Waals surface area (Å²) in [5.74, 6) is 1.59. The summed E-state index contributed by atoms with van der Waals surface area (Å²) in [6.07, 6.45) is 1.08. The van der Waals surface area contributed by atoms with Crippen LogP contribution in [0.25, 0.3) is 0 Å². The van der Waals surface area contributed by atoms with Crippen LogP contribution in [0.5, 0.6) is 17.2 Å². The smallest absolute Gasteiger partial charge is 0.176 e. The number of para-hydroxylation sites is 2. The van der Waals surface area contributed by atoms with E-state index in [-0.39, 0.29) is 22.5 Å². The Morgan fingerprint density at radius 1 is 1.00 bits per heavy atom. The number of phenols is 1. The maximum Gasteiger partial charge on any atom is 0.176 e. The van der Waals surface area contributed by atoms with Crippen molar-refractivity contribution in [2.75, 3.05) is 23.8 Å². The molecule has 0 radical (unpaired) electrons. The van der Waals surface area contributed by atoms with Gasteiger partial charge in [0.1, 0.15) is 5.75 Å². The van der Waals surface area contributed by atoms with Gasteiger partial charge in [-0.25, -0.2) is 0 Å². The quantitative estimate of drug-likeness (QED) is 0.293. The number of hydrogen-bond acceptors (Lipinski definition) is 6. The second kappa shape index (κ2) is 11.0. The van der Waals surface area contributed by atoms with Gasteiger partial charge >= 0.3 is 0 Å². The van der Waals surface area contributed by atoms with Gasteiger partial charge in [-0.15, -0.1) is 0 Å². The van der Waals surface area contributed by atoms with Gasteiger partial charge in [0.05, 0.1) is 35.7 Å². The molecule has 2 unspecified atom stereocenters. The van der Waals surface area contributed by atoms with Crippen LogP contribution in [0.3, 0.4) is 0 Å². The highest BCUT2D eigenvalue weighted by molar-refractivity contribution is 6.32. The number of Topliss-reactive ketones (excluding diaryl/α,β-unsaturated/α-hetero) is 1. The number of halogens is 1. The molecule has 5 rings (SSSR count). The number of ketones is 1. The summed E-state index contributed by atoms with van der Waals surface area (Å²) in [5, 5.41) is 17.7. The van der Waals surface area contributed by atoms with Crippen molar-refractivity contribution in [1.29, 1.82) is 0 Å². The predicted molar refractivity (Wildman–Crippen MR) is 151 cm³/mol. The van der Waals surface area contributed by atoms with E-state index in [1.165, 1.54) is 0 Å². The molecule has 0 saturated carbocycles. The van der Waals surface area contributed by atoms with Gasteiger partial charge in [-0.1, -0.05) is 49.7 Å². The fourth-order valence-corrected chi connectivity index (χ4v) is 5.32. The molecule has 0 aromatic heterocycles. The molecule has 7 heteroatoms. The first-order chi connectivity index (χ1) is 18.3. The zero-order valence-electron chi connectivity index (χ0n) is 21.9. The molecule has 0 spiro atoms. The van der Waals surface area contributed by atoms with Crippen molar-refractivity contribution in [3.63, 3.8) is 0 Å². The number of hydrogen-bond donors (Lipinski definition) is 3. The molecule has 38 heavy (non-hydrogen) atoms. The van der Waals surface area contributed by atoms with Gasteiger partial charge in [0.2, 0.25) is 0 Å². The van der Waals surface area contributed by atoms with E-state index in [2.05, 4.69) is 36.6 Å². The zero-order chi connectivity index (χ0) is 26.8. The number of nitrogens with one attached hydrogen (secondary N) is 2. The number of carbonyl (C=O) groups excluding carboxylic acids is 1. The third kappa shape index (κ3) is 5.32. The Morgan fingerprint density at radius 3 is 2.45 bits per heavy atom. The van der Waals surface area contributed by atoms with E-state index in [0.29, 0.717) is 43.3 Å². The summed E-state index contributed by atoms with van der Waals surface area (Å²) in [4.78, 5) is 13.8. The van der Waals surface area contributed by atoms with E-state index >= 15 is 0 Å². The van der Waals surface area contributed by atoms with Crippen LogP contribution < -0.4 is 20.1 Å². The summed E-state index contributed by atoms with van der Waals surface area (Å²) in [5.41, 5.74) is 5.21. The van der Waals surface area contributed by atoms with Crippen LogP contribution in [0.4, 0.5) is 11.4 Å². The molecule has 0 fully saturated rings. The number of fused-ring (bicyclic) bond motifs is 1. The summed E-state index contributed by atoms with van der Waals surface area (Å²) < 4.78 is 11.5. The number of rotatable bonds is 7. The Kier molecular flexibility index (Phi) is 7.52. The second-order valence-electron chi connectivity index (χ2n) is 10.2. The lowest BCUT2D eigenvalue weighted by atomic mass is 9.78. The Morgan fingerprint density at radius 2 is 1.74 bits per heavy atom. The Labute approximate surface area is 228 Å². The first kappa shape index (κ1) is 26.0. The van der Waals surface area contributed by atoms with Crippen molar-refractivity contribution >= 4 is 28.8 Å². The van der Waals surface area contributed by atoms with Gasteiger partial charge < -0.3 is 25.2 Å². The average Bonchev–Trinajstić information content (AvgIpc) is 3.07. The van der Waals surface area contributed by atoms with Crippen LogP contribution in [0, 0.1) is 5.92 Å². The van der Waals surface area contributed by atoms with Crippen molar-refractivity contribution in [1.82, 2.24) is 0 Å². The van der Waals surface area contributed by atoms with Crippen LogP contribution in [0.1, 0.15) is 56.7 Å². The molecule has 0 bridgehead atoms. The number of phenolic OH excluding ortho intramolecular Hbond substituents is 1. The molecule has 3 N–H and O–H groups in total. The van der Waals surface area contributed by atoms with Crippen molar-refractivity contribution in [3.8, 4) is 17.2 Å². The van der Waals surface area contributed by atoms with Crippen molar-refractivity contribution in [2.45, 2.75) is 45.6 Å². The molecule has 3 aromatic rings. The molecule has 0 saturated heterocycles. The van der Waals surface area contributed by atoms with Crippen molar-refractivity contribution in [3.05, 3.63) is 88.1 Å². The number of ether oxygens (including phenoxy) is 2. The first-order valence-corrected chi connectivity index (χ1v) is 13.5. The summed E-state index contributed by atoms with van der Waals surface area (Å²) in [6, 6.07) is 19.0. The van der Waals surface area contributed by atoms with E-state index in [0.717, 1.165) is 33.9 Å². The highest BCUT2D eigenvalue weighted by Gasteiger charge is 2.36. The van der Waals surface area contributed by atoms with E-state index in [9.17, 15) is 9.90 Å². The maximum atomic E-state index is 13.8. The zero-order valence-corrected chi connectivity index (χ0v) is 22.6. The van der Waals surface area contributed by atoms with Crippen LogP contribution >= 0.6 is 11.6 Å². The van der Waals surface area contributed by atoms with Gasteiger partial charge in [-0.3, -0.25) is 4.79 Å². The monoisotopic (exact) mass is 532 g/mol. The average molecular weight is 533 g/mol. The molecular formula is C31H33ClN2O4. The highest BCUT2D eigenvalue weighted by atomic mass is 35.5. The molecular weight excluding hydrogens is 500 g/mol. The molecule has 2 aliphatic rings. The van der Waals surface area contributed by atoms with Crippen LogP contribution in [-0.2, 0) is 4.79 Å². The summed E-state index contributed by atoms with van der Waals surface area (Å²) in [7, 11) is 0. The minimum atomic E-state index is -0.460. The molecule has 1 aliphatic carbocycles. The van der Waals surface area contributed by atoms with Crippen LogP contribution in [-0.4, -0.2) is 24.1 Å². The fourth-order valence-electron chi connectivity index (χ4n) is 5.10. The first-order valence-electron chi connectivity index (χ1n) is 13.1. The second-order valence-corrected chi connectivity index (χ2v) is 10.6. The Hall–Kier alpha value is -3.64. The minimum absolute atomic E-state index is 0.0428. The molecule has 0 amide bonds. The maximum absolute atomic E-state index is 13.8. The lowest BCUT2D eigenvalue weighted by molar-refractivity contribution is -0.116. The van der Waals surface area contributed by atoms with Crippen molar-refractivity contribution < 1.29 is 19.4 Å². The lowest BCUT2D eigenvalue weighted by Gasteiger charge is -2.30. The van der Waals surface area contributed by atoms with Gasteiger partial charge in [0.15, 0.2) is 17.3 Å². The fraction of sp³-hybridized carbons (Fsp3) is 0.323. The molecule has 6 nitrogen and oxygen atoms in total. The standard InChI is InChI=1S/C31H33ClN2O4/c1-4-37-28-16-21(13-23(32)31(28)36)30-29-26(33-24-7-5-6-8-25(24)34-30)14-20(15-27(29)35)19-9-11-22(12-10-19)38-17-18(2)3/h5-13,16,18,20,30,33-34,36H,4,14-15,17H2,1-3H3. The molecule has 2 atom stereocenters. The number of carbonyl (C=O) groups is 1. The van der Waals surface area contributed by atoms with E-state index in [1.54, 1.807) is 12.1 Å². The van der Waals surface area contributed by atoms with Gasteiger partial charge in [-0.2, -0.15) is 0 Å². The van der Waals surface area contributed by atoms with Crippen LogP contribution in [0.15, 0.2) is 71.9 Å². The molecule has 3 aromatic carbocycles. The number of aromatic hydroxyl groups is 1. The third-order valence-electron chi connectivity index (χ3n) is 6.93. The third-order valence-corrected chi connectivity index (χ3v) is 7.22. The van der Waals surface area contributed by atoms with Gasteiger partial charge in [-0.05, 0) is 72.7 Å². The number of benzene rings is 3. The SMILES string of the molecule is CCOc1cc(C2Nc3ccccc3NC3=C2C(=O)CC(c2ccc(OCC(C)C)cc2)C3)cc(Cl)c1O. The normalized spacial score (nSPS) is 18.7. The Balaban J connectivity index is 1.52. The minimum Gasteiger partial charge on any atom is -0.503 e. The van der Waals surface area contributed by atoms with E-state index in [4.69, 9.17) is 21.1 Å². The topological polar surface area (TPSA) is 79.8 Å². The Bertz CT molecular complexity index is 1370. The van der Waals surface area contributed by atoms with E-state index < -0.39 is 6.04 Å². The summed E-state index contributed by atoms with van der Waals surface area (Å²) >= 11 is 6.40. The molecule has 1 heterocycles. The molecule has 1 aliphatic heterocycles. The van der Waals surface area contributed by atoms with Gasteiger partial charge in [0, 0.05) is 17.7 Å². The largest absolute Gasteiger partial charge is 0.503 e. The highest BCUT2D eigenvalue weighted by Crippen LogP contribution is 2.46. The predicted octanol–water partition coefficient (Wildman–Crippen LogP) is 7.46. The number of anilines is 2. The van der Waals surface area contributed by atoms with Crippen LogP contribution in [0.2, 0.25) is 5.02 Å². The van der Waals surface area contributed by atoms with E-state index in [1.807, 2.05) is 43.3 Å².